The third-order valence-electron chi connectivity index (χ3n) is 9.37. The number of hydrogen-bond acceptors (Lipinski definition) is 7. The molecule has 2 aromatic carbocycles. The number of rotatable bonds is 6. The zero-order chi connectivity index (χ0) is 30.8. The first-order chi connectivity index (χ1) is 21.2. The summed E-state index contributed by atoms with van der Waals surface area (Å²) in [7, 11) is 2.16. The van der Waals surface area contributed by atoms with E-state index in [1.807, 2.05) is 18.7 Å². The van der Waals surface area contributed by atoms with Gasteiger partial charge in [0.05, 0.1) is 5.56 Å². The van der Waals surface area contributed by atoms with Crippen LogP contribution in [0.3, 0.4) is 0 Å². The van der Waals surface area contributed by atoms with Crippen LogP contribution in [-0.4, -0.2) is 102 Å². The predicted octanol–water partition coefficient (Wildman–Crippen LogP) is 4.90. The van der Waals surface area contributed by atoms with Gasteiger partial charge in [-0.25, -0.2) is 9.59 Å². The van der Waals surface area contributed by atoms with E-state index >= 15 is 0 Å². The Morgan fingerprint density at radius 2 is 1.30 bits per heavy atom. The van der Waals surface area contributed by atoms with Gasteiger partial charge >= 0.3 is 12.2 Å². The number of ether oxygens (including phenoxy) is 2. The van der Waals surface area contributed by atoms with Gasteiger partial charge in [-0.05, 0) is 67.0 Å². The zero-order valence-electron chi connectivity index (χ0n) is 26.3. The van der Waals surface area contributed by atoms with Crippen molar-refractivity contribution in [3.8, 4) is 11.5 Å². The molecular formula is C34H45N5O5. The maximum atomic E-state index is 14.2. The first kappa shape index (κ1) is 30.4. The van der Waals surface area contributed by atoms with E-state index in [-0.39, 0.29) is 17.6 Å². The summed E-state index contributed by atoms with van der Waals surface area (Å²) in [5.41, 5.74) is 4.59. The highest BCUT2D eigenvalue weighted by Gasteiger charge is 2.31. The van der Waals surface area contributed by atoms with Crippen molar-refractivity contribution in [3.63, 3.8) is 0 Å². The van der Waals surface area contributed by atoms with Gasteiger partial charge in [0.15, 0.2) is 0 Å². The fourth-order valence-electron chi connectivity index (χ4n) is 6.61. The fourth-order valence-corrected chi connectivity index (χ4v) is 6.61. The van der Waals surface area contributed by atoms with E-state index < -0.39 is 12.2 Å². The minimum absolute atomic E-state index is 0.0285. The van der Waals surface area contributed by atoms with Crippen LogP contribution in [0.4, 0.5) is 9.59 Å². The molecule has 4 aliphatic heterocycles. The lowest BCUT2D eigenvalue weighted by Gasteiger charge is -2.32. The molecule has 3 fully saturated rings. The summed E-state index contributed by atoms with van der Waals surface area (Å²) in [6.45, 7) is 12.7. The van der Waals surface area contributed by atoms with Crippen LogP contribution in [0, 0.1) is 0 Å². The van der Waals surface area contributed by atoms with Crippen molar-refractivity contribution in [1.29, 1.82) is 0 Å². The third-order valence-corrected chi connectivity index (χ3v) is 9.37. The zero-order valence-corrected chi connectivity index (χ0v) is 26.3. The van der Waals surface area contributed by atoms with Crippen molar-refractivity contribution in [1.82, 2.24) is 24.5 Å². The Balaban J connectivity index is 1.25. The van der Waals surface area contributed by atoms with E-state index in [0.29, 0.717) is 50.6 Å². The lowest BCUT2D eigenvalue weighted by molar-refractivity contribution is 0.0747. The normalized spacial score (nSPS) is 19.1. The van der Waals surface area contributed by atoms with E-state index in [0.717, 1.165) is 75.1 Å². The predicted molar refractivity (Wildman–Crippen MR) is 167 cm³/mol. The van der Waals surface area contributed by atoms with E-state index in [4.69, 9.17) is 9.47 Å². The summed E-state index contributed by atoms with van der Waals surface area (Å²) >= 11 is 0. The Kier molecular flexibility index (Phi) is 9.09. The number of fused-ring (bicyclic) bond motifs is 1. The monoisotopic (exact) mass is 603 g/mol. The number of carbonyl (C=O) groups excluding carboxylic acids is 3. The number of nitrogens with zero attached hydrogens (tertiary/aromatic N) is 5. The molecule has 0 saturated carbocycles. The molecule has 44 heavy (non-hydrogen) atoms. The first-order valence-corrected chi connectivity index (χ1v) is 16.2. The minimum Gasteiger partial charge on any atom is -0.410 e. The summed E-state index contributed by atoms with van der Waals surface area (Å²) < 4.78 is 11.8. The van der Waals surface area contributed by atoms with Crippen LogP contribution >= 0.6 is 0 Å². The molecule has 4 heterocycles. The standard InChI is InChI=1S/C34H45N5O5/c1-24(2)28-19-29(31(44-34(42)38-12-6-7-13-38)20-30(28)43-33(41)37-10-4-5-11-37)32(40)39-22-26-9-8-25(18-27(26)23-39)21-36-16-14-35(3)15-17-36/h8-9,18-20,24H,4-7,10-17,21-23H2,1-3H3. The molecule has 0 bridgehead atoms. The summed E-state index contributed by atoms with van der Waals surface area (Å²) in [6.07, 6.45) is 2.86. The van der Waals surface area contributed by atoms with Crippen molar-refractivity contribution < 1.29 is 23.9 Å². The first-order valence-electron chi connectivity index (χ1n) is 16.2. The van der Waals surface area contributed by atoms with Crippen LogP contribution in [0.1, 0.15) is 78.1 Å². The van der Waals surface area contributed by atoms with Gasteiger partial charge in [-0.2, -0.15) is 0 Å². The molecule has 0 aromatic heterocycles. The van der Waals surface area contributed by atoms with Crippen LogP contribution in [0.15, 0.2) is 30.3 Å². The second-order valence-electron chi connectivity index (χ2n) is 13.0. The summed E-state index contributed by atoms with van der Waals surface area (Å²) in [5.74, 6) is 0.229. The maximum absolute atomic E-state index is 14.2. The van der Waals surface area contributed by atoms with Crippen molar-refractivity contribution in [2.75, 3.05) is 59.4 Å². The Morgan fingerprint density at radius 1 is 0.705 bits per heavy atom. The number of hydrogen-bond donors (Lipinski definition) is 0. The molecule has 10 nitrogen and oxygen atoms in total. The number of likely N-dealkylation sites (tertiary alicyclic amines) is 2. The van der Waals surface area contributed by atoms with Gasteiger partial charge in [-0.15, -0.1) is 0 Å². The number of amides is 3. The quantitative estimate of drug-likeness (QED) is 0.464. The molecule has 6 rings (SSSR count). The van der Waals surface area contributed by atoms with Gasteiger partial charge in [0.2, 0.25) is 0 Å². The van der Waals surface area contributed by atoms with Crippen molar-refractivity contribution in [2.24, 2.45) is 0 Å². The van der Waals surface area contributed by atoms with Gasteiger partial charge in [0.25, 0.3) is 5.91 Å². The molecule has 10 heteroatoms. The summed E-state index contributed by atoms with van der Waals surface area (Å²) in [6, 6.07) is 9.88. The van der Waals surface area contributed by atoms with Crippen LogP contribution < -0.4 is 9.47 Å². The average Bonchev–Trinajstić information content (AvgIpc) is 3.80. The molecule has 0 spiro atoms. The van der Waals surface area contributed by atoms with Crippen molar-refractivity contribution >= 4 is 18.1 Å². The molecule has 0 radical (unpaired) electrons. The van der Waals surface area contributed by atoms with Crippen molar-refractivity contribution in [3.05, 3.63) is 58.1 Å². The highest BCUT2D eigenvalue weighted by Crippen LogP contribution is 2.37. The Labute approximate surface area is 260 Å². The molecule has 3 amide bonds. The topological polar surface area (TPSA) is 85.9 Å². The Hall–Kier alpha value is -3.63. The van der Waals surface area contributed by atoms with Crippen LogP contribution in [-0.2, 0) is 19.6 Å². The molecule has 236 valence electrons. The second-order valence-corrected chi connectivity index (χ2v) is 13.0. The van der Waals surface area contributed by atoms with Gasteiger partial charge in [0, 0.05) is 78.1 Å². The maximum Gasteiger partial charge on any atom is 0.415 e. The van der Waals surface area contributed by atoms with Gasteiger partial charge in [0.1, 0.15) is 11.5 Å². The summed E-state index contributed by atoms with van der Waals surface area (Å²) in [5, 5.41) is 0. The molecule has 0 N–H and O–H groups in total. The number of benzene rings is 2. The highest BCUT2D eigenvalue weighted by atomic mass is 16.6. The molecule has 2 aromatic rings. The average molecular weight is 604 g/mol. The largest absolute Gasteiger partial charge is 0.415 e. The number of piperazine rings is 1. The van der Waals surface area contributed by atoms with Crippen molar-refractivity contribution in [2.45, 2.75) is 65.1 Å². The molecule has 4 aliphatic rings. The lowest BCUT2D eigenvalue weighted by atomic mass is 9.98. The van der Waals surface area contributed by atoms with E-state index in [2.05, 4.69) is 35.0 Å². The van der Waals surface area contributed by atoms with Gasteiger partial charge in [-0.3, -0.25) is 9.69 Å². The van der Waals surface area contributed by atoms with Crippen LogP contribution in [0.25, 0.3) is 0 Å². The van der Waals surface area contributed by atoms with Crippen LogP contribution in [0.2, 0.25) is 0 Å². The Bertz CT molecular complexity index is 1390. The van der Waals surface area contributed by atoms with E-state index in [1.165, 1.54) is 5.56 Å². The minimum atomic E-state index is -0.482. The van der Waals surface area contributed by atoms with Crippen LogP contribution in [0.5, 0.6) is 11.5 Å². The number of likely N-dealkylation sites (N-methyl/N-ethyl adjacent to an activating group) is 1. The highest BCUT2D eigenvalue weighted by molar-refractivity contribution is 5.98. The van der Waals surface area contributed by atoms with E-state index in [9.17, 15) is 14.4 Å². The fraction of sp³-hybridized carbons (Fsp3) is 0.559. The third kappa shape index (κ3) is 6.71. The smallest absolute Gasteiger partial charge is 0.410 e. The van der Waals surface area contributed by atoms with Gasteiger partial charge < -0.3 is 29.1 Å². The lowest BCUT2D eigenvalue weighted by Crippen LogP contribution is -2.43. The number of carbonyl (C=O) groups is 3. The second kappa shape index (κ2) is 13.2. The Morgan fingerprint density at radius 3 is 1.91 bits per heavy atom. The molecule has 0 aliphatic carbocycles. The molecule has 0 atom stereocenters. The van der Waals surface area contributed by atoms with E-state index in [1.54, 1.807) is 21.9 Å². The summed E-state index contributed by atoms with van der Waals surface area (Å²) in [4.78, 5) is 50.3. The molecule has 0 unspecified atom stereocenters. The SMILES string of the molecule is CC(C)c1cc(C(=O)N2Cc3ccc(CN4CCN(C)CC4)cc3C2)c(OC(=O)N2CCCC2)cc1OC(=O)N1CCCC1. The molecular weight excluding hydrogens is 558 g/mol. The van der Waals surface area contributed by atoms with Gasteiger partial charge in [-0.1, -0.05) is 32.0 Å². The molecule has 3 saturated heterocycles.